The molecule has 0 saturated carbocycles. The van der Waals surface area contributed by atoms with Crippen LogP contribution in [0.15, 0.2) is 18.2 Å². The normalized spacial score (nSPS) is 11.1. The number of benzene rings is 1. The van der Waals surface area contributed by atoms with Gasteiger partial charge in [0.25, 0.3) is 0 Å². The number of rotatable bonds is 5. The highest BCUT2D eigenvalue weighted by Gasteiger charge is 2.15. The topological polar surface area (TPSA) is 17.8 Å². The van der Waals surface area contributed by atoms with Gasteiger partial charge in [0.2, 0.25) is 0 Å². The summed E-state index contributed by atoms with van der Waals surface area (Å²) in [4.78, 5) is 0. The molecule has 1 heterocycles. The summed E-state index contributed by atoms with van der Waals surface area (Å²) >= 11 is 5.99. The summed E-state index contributed by atoms with van der Waals surface area (Å²) in [6.07, 6.45) is 1.58. The molecule has 2 aromatic rings. The molecule has 0 radical (unpaired) electrons. The molecule has 1 aromatic heterocycles. The van der Waals surface area contributed by atoms with E-state index in [4.69, 9.17) is 11.6 Å². The molecule has 0 spiro atoms. The van der Waals surface area contributed by atoms with Gasteiger partial charge < -0.3 is 0 Å². The maximum Gasteiger partial charge on any atom is 0.126 e. The Kier molecular flexibility index (Phi) is 4.76. The largest absolute Gasteiger partial charge is 0.265 e. The van der Waals surface area contributed by atoms with Crippen LogP contribution < -0.4 is 0 Å². The molecule has 0 fully saturated rings. The number of nitrogens with zero attached hydrogens (tertiary/aromatic N) is 2. The van der Waals surface area contributed by atoms with Gasteiger partial charge in [-0.15, -0.1) is 11.6 Å². The van der Waals surface area contributed by atoms with Crippen LogP contribution in [0.4, 0.5) is 8.78 Å². The molecule has 0 aliphatic rings. The van der Waals surface area contributed by atoms with Crippen LogP contribution in [0.3, 0.4) is 0 Å². The van der Waals surface area contributed by atoms with Crippen LogP contribution in [0.5, 0.6) is 0 Å². The van der Waals surface area contributed by atoms with Crippen molar-refractivity contribution in [2.24, 2.45) is 0 Å². The van der Waals surface area contributed by atoms with Crippen molar-refractivity contribution in [3.63, 3.8) is 0 Å². The zero-order chi connectivity index (χ0) is 14.7. The van der Waals surface area contributed by atoms with Gasteiger partial charge in [0.15, 0.2) is 0 Å². The minimum Gasteiger partial charge on any atom is -0.265 e. The van der Waals surface area contributed by atoms with Crippen molar-refractivity contribution >= 4 is 11.6 Å². The van der Waals surface area contributed by atoms with Crippen molar-refractivity contribution in [2.75, 3.05) is 0 Å². The zero-order valence-corrected chi connectivity index (χ0v) is 12.3. The first kappa shape index (κ1) is 15.0. The number of halogens is 3. The zero-order valence-electron chi connectivity index (χ0n) is 11.6. The third-order valence-electron chi connectivity index (χ3n) is 3.31. The minimum atomic E-state index is -0.571. The van der Waals surface area contributed by atoms with E-state index in [9.17, 15) is 8.78 Å². The van der Waals surface area contributed by atoms with Crippen LogP contribution >= 0.6 is 11.6 Å². The fraction of sp³-hybridized carbons (Fsp3) is 0.400. The lowest BCUT2D eigenvalue weighted by Gasteiger charge is -2.07. The van der Waals surface area contributed by atoms with E-state index >= 15 is 0 Å². The van der Waals surface area contributed by atoms with Crippen molar-refractivity contribution in [3.8, 4) is 0 Å². The molecule has 0 aliphatic heterocycles. The molecule has 0 N–H and O–H groups in total. The molecule has 2 rings (SSSR count). The number of aryl methyl sites for hydroxylation is 1. The Hall–Kier alpha value is -1.42. The Balaban J connectivity index is 2.40. The maximum atomic E-state index is 13.2. The van der Waals surface area contributed by atoms with Gasteiger partial charge in [-0.1, -0.05) is 13.8 Å². The van der Waals surface area contributed by atoms with Crippen LogP contribution in [0.1, 0.15) is 36.4 Å². The lowest BCUT2D eigenvalue weighted by molar-refractivity contribution is 0.571. The number of hydrogen-bond donors (Lipinski definition) is 0. The summed E-state index contributed by atoms with van der Waals surface area (Å²) in [5.41, 5.74) is 3.58. The molecule has 20 heavy (non-hydrogen) atoms. The van der Waals surface area contributed by atoms with Gasteiger partial charge in [-0.2, -0.15) is 5.10 Å². The van der Waals surface area contributed by atoms with Gasteiger partial charge in [-0.05, 0) is 30.5 Å². The van der Waals surface area contributed by atoms with Crippen LogP contribution in [-0.4, -0.2) is 9.78 Å². The predicted molar refractivity (Wildman–Crippen MR) is 76.0 cm³/mol. The summed E-state index contributed by atoms with van der Waals surface area (Å²) in [6.45, 7) is 4.39. The van der Waals surface area contributed by atoms with Gasteiger partial charge in [0, 0.05) is 17.3 Å². The van der Waals surface area contributed by atoms with E-state index in [-0.39, 0.29) is 0 Å². The van der Waals surface area contributed by atoms with Crippen molar-refractivity contribution in [3.05, 3.63) is 52.3 Å². The molecule has 0 unspecified atom stereocenters. The van der Waals surface area contributed by atoms with E-state index in [1.807, 2.05) is 13.8 Å². The molecular formula is C15H17ClF2N2. The van der Waals surface area contributed by atoms with Gasteiger partial charge in [-0.3, -0.25) is 4.68 Å². The molecular weight excluding hydrogens is 282 g/mol. The van der Waals surface area contributed by atoms with Crippen molar-refractivity contribution < 1.29 is 8.78 Å². The van der Waals surface area contributed by atoms with Crippen LogP contribution in [-0.2, 0) is 25.3 Å². The number of aromatic nitrogens is 2. The molecule has 1 aromatic carbocycles. The standard InChI is InChI=1S/C15H17ClF2N2/c1-3-14-13(8-16)15(4-2)20(19-14)9-10-5-11(17)7-12(18)6-10/h5-7H,3-4,8-9H2,1-2H3. The first-order valence-corrected chi connectivity index (χ1v) is 7.20. The average molecular weight is 299 g/mol. The third-order valence-corrected chi connectivity index (χ3v) is 3.58. The van der Waals surface area contributed by atoms with Gasteiger partial charge >= 0.3 is 0 Å². The lowest BCUT2D eigenvalue weighted by Crippen LogP contribution is -2.07. The second-order valence-corrected chi connectivity index (χ2v) is 4.92. The molecule has 5 heteroatoms. The van der Waals surface area contributed by atoms with E-state index in [0.717, 1.165) is 35.9 Å². The Bertz CT molecular complexity index is 588. The first-order chi connectivity index (χ1) is 9.58. The van der Waals surface area contributed by atoms with E-state index in [2.05, 4.69) is 5.10 Å². The lowest BCUT2D eigenvalue weighted by atomic mass is 10.1. The van der Waals surface area contributed by atoms with E-state index in [0.29, 0.717) is 18.0 Å². The Labute approximate surface area is 122 Å². The Morgan fingerprint density at radius 3 is 2.25 bits per heavy atom. The summed E-state index contributed by atoms with van der Waals surface area (Å²) in [7, 11) is 0. The fourth-order valence-electron chi connectivity index (χ4n) is 2.43. The van der Waals surface area contributed by atoms with Crippen LogP contribution in [0.25, 0.3) is 0 Å². The molecule has 2 nitrogen and oxygen atoms in total. The smallest absolute Gasteiger partial charge is 0.126 e. The SMILES string of the molecule is CCc1nn(Cc2cc(F)cc(F)c2)c(CC)c1CCl. The van der Waals surface area contributed by atoms with Crippen LogP contribution in [0, 0.1) is 11.6 Å². The van der Waals surface area contributed by atoms with E-state index in [1.54, 1.807) is 4.68 Å². The minimum absolute atomic E-state index is 0.349. The highest BCUT2D eigenvalue weighted by atomic mass is 35.5. The second kappa shape index (κ2) is 6.35. The summed E-state index contributed by atoms with van der Waals surface area (Å²) in [5.74, 6) is -0.735. The molecule has 0 aliphatic carbocycles. The Morgan fingerprint density at radius 2 is 1.75 bits per heavy atom. The highest BCUT2D eigenvalue weighted by molar-refractivity contribution is 6.17. The van der Waals surface area contributed by atoms with Gasteiger partial charge in [-0.25, -0.2) is 8.78 Å². The molecule has 0 bridgehead atoms. The van der Waals surface area contributed by atoms with Crippen LogP contribution in [0.2, 0.25) is 0 Å². The molecule has 108 valence electrons. The van der Waals surface area contributed by atoms with Crippen molar-refractivity contribution in [1.29, 1.82) is 0 Å². The quantitative estimate of drug-likeness (QED) is 0.761. The molecule has 0 saturated heterocycles. The summed E-state index contributed by atoms with van der Waals surface area (Å²) < 4.78 is 28.3. The predicted octanol–water partition coefficient (Wildman–Crippen LogP) is 4.07. The Morgan fingerprint density at radius 1 is 1.10 bits per heavy atom. The number of alkyl halides is 1. The maximum absolute atomic E-state index is 13.2. The molecule has 0 atom stereocenters. The van der Waals surface area contributed by atoms with E-state index < -0.39 is 11.6 Å². The summed E-state index contributed by atoms with van der Waals surface area (Å²) in [6, 6.07) is 3.53. The van der Waals surface area contributed by atoms with E-state index in [1.165, 1.54) is 12.1 Å². The van der Waals surface area contributed by atoms with Gasteiger partial charge in [0.1, 0.15) is 11.6 Å². The third kappa shape index (κ3) is 3.01. The second-order valence-electron chi connectivity index (χ2n) is 4.65. The number of hydrogen-bond acceptors (Lipinski definition) is 1. The monoisotopic (exact) mass is 298 g/mol. The average Bonchev–Trinajstić information content (AvgIpc) is 2.74. The fourth-order valence-corrected chi connectivity index (χ4v) is 2.74. The highest BCUT2D eigenvalue weighted by Crippen LogP contribution is 2.20. The molecule has 0 amide bonds. The first-order valence-electron chi connectivity index (χ1n) is 6.67. The van der Waals surface area contributed by atoms with Crippen molar-refractivity contribution in [1.82, 2.24) is 9.78 Å². The summed E-state index contributed by atoms with van der Waals surface area (Å²) in [5, 5.41) is 4.51. The van der Waals surface area contributed by atoms with Gasteiger partial charge in [0.05, 0.1) is 18.1 Å². The van der Waals surface area contributed by atoms with Crippen molar-refractivity contribution in [2.45, 2.75) is 39.1 Å².